The van der Waals surface area contributed by atoms with Crippen molar-refractivity contribution in [3.8, 4) is 0 Å². The quantitative estimate of drug-likeness (QED) is 0.804. The van der Waals surface area contributed by atoms with E-state index in [-0.39, 0.29) is 0 Å². The van der Waals surface area contributed by atoms with Gasteiger partial charge in [0.1, 0.15) is 0 Å². The Morgan fingerprint density at radius 2 is 2.12 bits per heavy atom. The van der Waals surface area contributed by atoms with Crippen molar-refractivity contribution < 1.29 is 0 Å². The van der Waals surface area contributed by atoms with Crippen molar-refractivity contribution >= 4 is 0 Å². The largest absolute Gasteiger partial charge is 0.330 e. The highest BCUT2D eigenvalue weighted by atomic mass is 15.4. The summed E-state index contributed by atoms with van der Waals surface area (Å²) >= 11 is 0. The van der Waals surface area contributed by atoms with E-state index in [1.807, 2.05) is 13.2 Å². The van der Waals surface area contributed by atoms with Crippen LogP contribution in [0.2, 0.25) is 0 Å². The molecular formula is C11H21N5. The van der Waals surface area contributed by atoms with Crippen molar-refractivity contribution in [3.63, 3.8) is 0 Å². The molecule has 2 heterocycles. The van der Waals surface area contributed by atoms with Crippen LogP contribution in [0, 0.1) is 5.41 Å². The second kappa shape index (κ2) is 4.51. The summed E-state index contributed by atoms with van der Waals surface area (Å²) in [6.45, 7) is 6.22. The first-order valence-corrected chi connectivity index (χ1v) is 5.89. The van der Waals surface area contributed by atoms with Gasteiger partial charge in [0.25, 0.3) is 0 Å². The first-order chi connectivity index (χ1) is 7.61. The number of nitrogens with zero attached hydrogens (tertiary/aromatic N) is 4. The molecule has 1 aliphatic rings. The lowest BCUT2D eigenvalue weighted by Crippen LogP contribution is -2.41. The van der Waals surface area contributed by atoms with E-state index in [1.165, 1.54) is 12.8 Å². The van der Waals surface area contributed by atoms with Crippen LogP contribution in [0.15, 0.2) is 6.20 Å². The van der Waals surface area contributed by atoms with Crippen LogP contribution in [0.1, 0.15) is 25.5 Å². The third-order valence-electron chi connectivity index (χ3n) is 3.59. The highest BCUT2D eigenvalue weighted by Gasteiger charge is 2.28. The minimum absolute atomic E-state index is 0.346. The summed E-state index contributed by atoms with van der Waals surface area (Å²) in [5.74, 6) is 0. The maximum Gasteiger partial charge on any atom is 0.0966 e. The number of likely N-dealkylation sites (tertiary alicyclic amines) is 1. The van der Waals surface area contributed by atoms with E-state index in [2.05, 4.69) is 22.1 Å². The van der Waals surface area contributed by atoms with Crippen LogP contribution in [0.3, 0.4) is 0 Å². The lowest BCUT2D eigenvalue weighted by atomic mass is 9.80. The zero-order valence-corrected chi connectivity index (χ0v) is 10.2. The maximum atomic E-state index is 5.79. The van der Waals surface area contributed by atoms with Gasteiger partial charge in [0.15, 0.2) is 0 Å². The minimum atomic E-state index is 0.346. The summed E-state index contributed by atoms with van der Waals surface area (Å²) in [6, 6.07) is 0. The van der Waals surface area contributed by atoms with Crippen LogP contribution < -0.4 is 5.73 Å². The Balaban J connectivity index is 1.86. The molecule has 0 aliphatic carbocycles. The van der Waals surface area contributed by atoms with Crippen molar-refractivity contribution in [2.75, 3.05) is 19.6 Å². The average Bonchev–Trinajstić information content (AvgIpc) is 2.68. The standard InChI is InChI=1S/C11H21N5/c1-11(9-12)3-5-16(6-4-11)8-10-7-15(2)14-13-10/h7H,3-6,8-9,12H2,1-2H3. The summed E-state index contributed by atoms with van der Waals surface area (Å²) in [6.07, 6.45) is 4.35. The second-order valence-electron chi connectivity index (χ2n) is 5.17. The van der Waals surface area contributed by atoms with Gasteiger partial charge in [-0.2, -0.15) is 0 Å². The van der Waals surface area contributed by atoms with Crippen molar-refractivity contribution in [2.24, 2.45) is 18.2 Å². The Bertz CT molecular complexity index is 338. The molecule has 0 amide bonds. The molecule has 0 unspecified atom stereocenters. The van der Waals surface area contributed by atoms with Crippen molar-refractivity contribution in [3.05, 3.63) is 11.9 Å². The Kier molecular flexibility index (Phi) is 3.25. The molecule has 1 aromatic rings. The number of rotatable bonds is 3. The van der Waals surface area contributed by atoms with Crippen LogP contribution in [-0.2, 0) is 13.6 Å². The summed E-state index contributed by atoms with van der Waals surface area (Å²) in [5, 5.41) is 8.06. The van der Waals surface area contributed by atoms with Crippen LogP contribution in [0.4, 0.5) is 0 Å². The van der Waals surface area contributed by atoms with E-state index >= 15 is 0 Å². The zero-order valence-electron chi connectivity index (χ0n) is 10.2. The zero-order chi connectivity index (χ0) is 11.6. The number of hydrogen-bond donors (Lipinski definition) is 1. The van der Waals surface area contributed by atoms with E-state index < -0.39 is 0 Å². The lowest BCUT2D eigenvalue weighted by Gasteiger charge is -2.38. The molecular weight excluding hydrogens is 202 g/mol. The predicted octanol–water partition coefficient (Wildman–Crippen LogP) is 0.376. The molecule has 1 aliphatic heterocycles. The van der Waals surface area contributed by atoms with Crippen LogP contribution in [0.5, 0.6) is 0 Å². The molecule has 0 atom stereocenters. The fraction of sp³-hybridized carbons (Fsp3) is 0.818. The Hall–Kier alpha value is -0.940. The van der Waals surface area contributed by atoms with Gasteiger partial charge in [-0.3, -0.25) is 9.58 Å². The maximum absolute atomic E-state index is 5.79. The van der Waals surface area contributed by atoms with E-state index in [0.717, 1.165) is 31.9 Å². The molecule has 2 N–H and O–H groups in total. The number of aryl methyl sites for hydroxylation is 1. The van der Waals surface area contributed by atoms with Gasteiger partial charge in [-0.05, 0) is 37.9 Å². The van der Waals surface area contributed by atoms with Crippen LogP contribution >= 0.6 is 0 Å². The molecule has 0 radical (unpaired) electrons. The lowest BCUT2D eigenvalue weighted by molar-refractivity contribution is 0.118. The third kappa shape index (κ3) is 2.59. The van der Waals surface area contributed by atoms with E-state index in [0.29, 0.717) is 5.41 Å². The molecule has 1 fully saturated rings. The molecule has 5 heteroatoms. The summed E-state index contributed by atoms with van der Waals surface area (Å²) in [5.41, 5.74) is 7.20. The Morgan fingerprint density at radius 3 is 2.62 bits per heavy atom. The van der Waals surface area contributed by atoms with Gasteiger partial charge in [-0.15, -0.1) is 5.10 Å². The molecule has 16 heavy (non-hydrogen) atoms. The number of aromatic nitrogens is 3. The average molecular weight is 223 g/mol. The van der Waals surface area contributed by atoms with Gasteiger partial charge < -0.3 is 5.73 Å². The van der Waals surface area contributed by atoms with Gasteiger partial charge in [-0.1, -0.05) is 12.1 Å². The fourth-order valence-electron chi connectivity index (χ4n) is 2.15. The van der Waals surface area contributed by atoms with Crippen molar-refractivity contribution in [2.45, 2.75) is 26.3 Å². The molecule has 1 saturated heterocycles. The molecule has 0 saturated carbocycles. The van der Waals surface area contributed by atoms with E-state index in [1.54, 1.807) is 4.68 Å². The third-order valence-corrected chi connectivity index (χ3v) is 3.59. The van der Waals surface area contributed by atoms with Gasteiger partial charge in [0, 0.05) is 19.8 Å². The number of piperidine rings is 1. The second-order valence-corrected chi connectivity index (χ2v) is 5.17. The first kappa shape index (κ1) is 11.5. The molecule has 90 valence electrons. The number of nitrogens with two attached hydrogens (primary N) is 1. The summed E-state index contributed by atoms with van der Waals surface area (Å²) in [7, 11) is 1.90. The summed E-state index contributed by atoms with van der Waals surface area (Å²) < 4.78 is 1.75. The molecule has 1 aromatic heterocycles. The smallest absolute Gasteiger partial charge is 0.0966 e. The van der Waals surface area contributed by atoms with Gasteiger partial charge in [0.05, 0.1) is 5.69 Å². The fourth-order valence-corrected chi connectivity index (χ4v) is 2.15. The van der Waals surface area contributed by atoms with Gasteiger partial charge >= 0.3 is 0 Å². The minimum Gasteiger partial charge on any atom is -0.330 e. The predicted molar refractivity (Wildman–Crippen MR) is 62.7 cm³/mol. The van der Waals surface area contributed by atoms with E-state index in [4.69, 9.17) is 5.73 Å². The highest BCUT2D eigenvalue weighted by molar-refractivity contribution is 4.93. The Labute approximate surface area is 96.6 Å². The van der Waals surface area contributed by atoms with Crippen molar-refractivity contribution in [1.29, 1.82) is 0 Å². The van der Waals surface area contributed by atoms with Crippen molar-refractivity contribution in [1.82, 2.24) is 19.9 Å². The van der Waals surface area contributed by atoms with Gasteiger partial charge in [0.2, 0.25) is 0 Å². The van der Waals surface area contributed by atoms with Crippen LogP contribution in [-0.4, -0.2) is 39.5 Å². The first-order valence-electron chi connectivity index (χ1n) is 5.89. The molecule has 0 bridgehead atoms. The number of hydrogen-bond acceptors (Lipinski definition) is 4. The molecule has 0 spiro atoms. The van der Waals surface area contributed by atoms with Crippen LogP contribution in [0.25, 0.3) is 0 Å². The molecule has 0 aromatic carbocycles. The normalized spacial score (nSPS) is 21.2. The summed E-state index contributed by atoms with van der Waals surface area (Å²) in [4.78, 5) is 2.43. The molecule has 2 rings (SSSR count). The Morgan fingerprint density at radius 1 is 1.44 bits per heavy atom. The SMILES string of the molecule is Cn1cc(CN2CCC(C)(CN)CC2)nn1. The molecule has 5 nitrogen and oxygen atoms in total. The topological polar surface area (TPSA) is 60.0 Å². The highest BCUT2D eigenvalue weighted by Crippen LogP contribution is 2.29. The monoisotopic (exact) mass is 223 g/mol. The van der Waals surface area contributed by atoms with E-state index in [9.17, 15) is 0 Å². The van der Waals surface area contributed by atoms with Gasteiger partial charge in [-0.25, -0.2) is 0 Å².